The van der Waals surface area contributed by atoms with E-state index in [0.717, 1.165) is 19.4 Å². The summed E-state index contributed by atoms with van der Waals surface area (Å²) in [6.45, 7) is 0.722. The quantitative estimate of drug-likeness (QED) is 0.463. The van der Waals surface area contributed by atoms with Crippen molar-refractivity contribution in [3.63, 3.8) is 0 Å². The van der Waals surface area contributed by atoms with Crippen molar-refractivity contribution in [2.75, 3.05) is 11.0 Å². The van der Waals surface area contributed by atoms with Gasteiger partial charge in [-0.2, -0.15) is 5.26 Å². The Morgan fingerprint density at radius 1 is 1.17 bits per heavy atom. The first-order valence-electron chi connectivity index (χ1n) is 6.12. The summed E-state index contributed by atoms with van der Waals surface area (Å²) in [7, 11) is 0. The van der Waals surface area contributed by atoms with Gasteiger partial charge in [-0.05, 0) is 41.5 Å². The van der Waals surface area contributed by atoms with Gasteiger partial charge in [0, 0.05) is 12.1 Å². The first-order valence-corrected chi connectivity index (χ1v) is 7.65. The molecule has 0 bridgehead atoms. The van der Waals surface area contributed by atoms with Crippen LogP contribution in [0.15, 0.2) is 24.3 Å². The number of hydrogen-bond acceptors (Lipinski definition) is 2. The van der Waals surface area contributed by atoms with Crippen LogP contribution in [0.4, 0.5) is 0 Å². The number of nitrogens with one attached hydrogen (secondary N) is 1. The lowest BCUT2D eigenvalue weighted by Crippen LogP contribution is -2.24. The Labute approximate surface area is 122 Å². The van der Waals surface area contributed by atoms with E-state index in [-0.39, 0.29) is 5.91 Å². The lowest BCUT2D eigenvalue weighted by molar-refractivity contribution is 0.0953. The highest BCUT2D eigenvalue weighted by Crippen LogP contribution is 2.04. The first kappa shape index (κ1) is 15.0. The van der Waals surface area contributed by atoms with E-state index < -0.39 is 0 Å². The van der Waals surface area contributed by atoms with Gasteiger partial charge in [0.2, 0.25) is 0 Å². The maximum atomic E-state index is 11.7. The second-order valence-corrected chi connectivity index (χ2v) is 5.13. The molecule has 1 N–H and O–H groups in total. The number of rotatable bonds is 7. The van der Waals surface area contributed by atoms with Crippen molar-refractivity contribution >= 4 is 28.5 Å². The van der Waals surface area contributed by atoms with Crippen LogP contribution in [0.2, 0.25) is 0 Å². The van der Waals surface area contributed by atoms with Crippen LogP contribution in [-0.4, -0.2) is 16.9 Å². The largest absolute Gasteiger partial charge is 0.352 e. The molecule has 0 atom stereocenters. The third kappa shape index (κ3) is 5.50. The van der Waals surface area contributed by atoms with Crippen molar-refractivity contribution in [3.05, 3.63) is 35.4 Å². The van der Waals surface area contributed by atoms with E-state index in [0.29, 0.717) is 11.1 Å². The molecule has 1 amide bonds. The number of nitrogens with zero attached hydrogens (tertiary/aromatic N) is 1. The summed E-state index contributed by atoms with van der Waals surface area (Å²) < 4.78 is 1.20. The van der Waals surface area contributed by atoms with Gasteiger partial charge in [-0.25, -0.2) is 0 Å². The molecule has 0 radical (unpaired) electrons. The molecule has 3 nitrogen and oxygen atoms in total. The van der Waals surface area contributed by atoms with E-state index in [1.807, 2.05) is 6.07 Å². The van der Waals surface area contributed by atoms with Crippen LogP contribution in [0.3, 0.4) is 0 Å². The van der Waals surface area contributed by atoms with Gasteiger partial charge < -0.3 is 5.32 Å². The van der Waals surface area contributed by atoms with Gasteiger partial charge in [-0.1, -0.05) is 35.4 Å². The van der Waals surface area contributed by atoms with E-state index in [9.17, 15) is 4.79 Å². The van der Waals surface area contributed by atoms with E-state index in [1.165, 1.54) is 17.3 Å². The summed E-state index contributed by atoms with van der Waals surface area (Å²) in [5.74, 6) is -0.0617. The standard InChI is InChI=1S/C14H17IN2O/c15-9-3-1-2-4-10-17-14(18)13-7-5-12(11-16)6-8-13/h5-8H,1-4,9-10H2,(H,17,18). The number of carbonyl (C=O) groups is 1. The minimum atomic E-state index is -0.0617. The van der Waals surface area contributed by atoms with Gasteiger partial charge in [-0.3, -0.25) is 4.79 Å². The topological polar surface area (TPSA) is 52.9 Å². The molecule has 18 heavy (non-hydrogen) atoms. The van der Waals surface area contributed by atoms with Crippen LogP contribution in [0.25, 0.3) is 0 Å². The highest BCUT2D eigenvalue weighted by Gasteiger charge is 2.03. The zero-order chi connectivity index (χ0) is 13.2. The minimum absolute atomic E-state index is 0.0617. The third-order valence-corrected chi connectivity index (χ3v) is 3.38. The average Bonchev–Trinajstić information content (AvgIpc) is 2.42. The molecule has 0 fully saturated rings. The summed E-state index contributed by atoms with van der Waals surface area (Å²) in [6.07, 6.45) is 4.68. The van der Waals surface area contributed by atoms with E-state index in [1.54, 1.807) is 24.3 Å². The maximum Gasteiger partial charge on any atom is 0.251 e. The Morgan fingerprint density at radius 3 is 2.44 bits per heavy atom. The van der Waals surface area contributed by atoms with Crippen molar-refractivity contribution in [1.82, 2.24) is 5.32 Å². The van der Waals surface area contributed by atoms with Crippen LogP contribution in [0.1, 0.15) is 41.6 Å². The highest BCUT2D eigenvalue weighted by molar-refractivity contribution is 14.1. The lowest BCUT2D eigenvalue weighted by atomic mass is 10.1. The fourth-order valence-corrected chi connectivity index (χ4v) is 2.11. The van der Waals surface area contributed by atoms with Crippen molar-refractivity contribution in [2.45, 2.75) is 25.7 Å². The summed E-state index contributed by atoms with van der Waals surface area (Å²) in [4.78, 5) is 11.7. The molecule has 0 aliphatic heterocycles. The monoisotopic (exact) mass is 356 g/mol. The summed E-state index contributed by atoms with van der Waals surface area (Å²) >= 11 is 2.38. The van der Waals surface area contributed by atoms with E-state index >= 15 is 0 Å². The SMILES string of the molecule is N#Cc1ccc(C(=O)NCCCCCCI)cc1. The van der Waals surface area contributed by atoms with Crippen LogP contribution >= 0.6 is 22.6 Å². The van der Waals surface area contributed by atoms with Crippen molar-refractivity contribution in [2.24, 2.45) is 0 Å². The highest BCUT2D eigenvalue weighted by atomic mass is 127. The number of nitriles is 1. The molecule has 0 heterocycles. The number of benzene rings is 1. The third-order valence-electron chi connectivity index (χ3n) is 2.62. The number of amides is 1. The molecular formula is C14H17IN2O. The molecule has 0 aliphatic carbocycles. The summed E-state index contributed by atoms with van der Waals surface area (Å²) in [5, 5.41) is 11.5. The molecule has 96 valence electrons. The van der Waals surface area contributed by atoms with Gasteiger partial charge in [0.25, 0.3) is 5.91 Å². The molecule has 0 spiro atoms. The molecule has 1 aromatic carbocycles. The molecule has 0 saturated carbocycles. The van der Waals surface area contributed by atoms with Crippen LogP contribution in [0.5, 0.6) is 0 Å². The maximum absolute atomic E-state index is 11.7. The molecule has 0 unspecified atom stereocenters. The molecule has 0 aromatic heterocycles. The van der Waals surface area contributed by atoms with Crippen LogP contribution < -0.4 is 5.32 Å². The second kappa shape index (κ2) is 8.92. The van der Waals surface area contributed by atoms with Gasteiger partial charge in [0.05, 0.1) is 11.6 Å². The molecule has 1 aromatic rings. The van der Waals surface area contributed by atoms with Gasteiger partial charge in [0.1, 0.15) is 0 Å². The Kier molecular flexibility index (Phi) is 7.42. The van der Waals surface area contributed by atoms with Gasteiger partial charge in [-0.15, -0.1) is 0 Å². The van der Waals surface area contributed by atoms with E-state index in [2.05, 4.69) is 27.9 Å². The molecule has 0 saturated heterocycles. The molecule has 4 heteroatoms. The van der Waals surface area contributed by atoms with Crippen molar-refractivity contribution in [3.8, 4) is 6.07 Å². The Morgan fingerprint density at radius 2 is 1.83 bits per heavy atom. The second-order valence-electron chi connectivity index (χ2n) is 4.05. The number of alkyl halides is 1. The van der Waals surface area contributed by atoms with Crippen molar-refractivity contribution in [1.29, 1.82) is 5.26 Å². The normalized spacial score (nSPS) is 9.78. The van der Waals surface area contributed by atoms with Crippen LogP contribution in [-0.2, 0) is 0 Å². The molecule has 1 rings (SSSR count). The van der Waals surface area contributed by atoms with Crippen molar-refractivity contribution < 1.29 is 4.79 Å². The lowest BCUT2D eigenvalue weighted by Gasteiger charge is -2.05. The predicted octanol–water partition coefficient (Wildman–Crippen LogP) is 3.28. The van der Waals surface area contributed by atoms with Gasteiger partial charge >= 0.3 is 0 Å². The molecular weight excluding hydrogens is 339 g/mol. The Balaban J connectivity index is 2.26. The number of unbranched alkanes of at least 4 members (excludes halogenated alkanes) is 3. The minimum Gasteiger partial charge on any atom is -0.352 e. The number of halogens is 1. The van der Waals surface area contributed by atoms with Gasteiger partial charge in [0.15, 0.2) is 0 Å². The Hall–Kier alpha value is -1.09. The van der Waals surface area contributed by atoms with E-state index in [4.69, 9.17) is 5.26 Å². The first-order chi connectivity index (χ1) is 8.77. The smallest absolute Gasteiger partial charge is 0.251 e. The zero-order valence-electron chi connectivity index (χ0n) is 10.3. The fraction of sp³-hybridized carbons (Fsp3) is 0.429. The summed E-state index contributed by atoms with van der Waals surface area (Å²) in [6, 6.07) is 8.73. The fourth-order valence-electron chi connectivity index (χ4n) is 1.57. The molecule has 0 aliphatic rings. The summed E-state index contributed by atoms with van der Waals surface area (Å²) in [5.41, 5.74) is 1.19. The average molecular weight is 356 g/mol. The zero-order valence-corrected chi connectivity index (χ0v) is 12.4. The Bertz CT molecular complexity index is 409. The van der Waals surface area contributed by atoms with Crippen LogP contribution in [0, 0.1) is 11.3 Å². The number of carbonyl (C=O) groups excluding carboxylic acids is 1. The predicted molar refractivity (Wildman–Crippen MR) is 80.8 cm³/mol. The number of hydrogen-bond donors (Lipinski definition) is 1.